The van der Waals surface area contributed by atoms with Crippen LogP contribution in [0.3, 0.4) is 0 Å². The summed E-state index contributed by atoms with van der Waals surface area (Å²) in [5, 5.41) is 12.0. The van der Waals surface area contributed by atoms with Crippen LogP contribution < -0.4 is 14.8 Å². The van der Waals surface area contributed by atoms with Crippen LogP contribution in [-0.2, 0) is 17.9 Å². The predicted octanol–water partition coefficient (Wildman–Crippen LogP) is 4.28. The maximum atomic E-state index is 13.1. The van der Waals surface area contributed by atoms with Gasteiger partial charge in [0, 0.05) is 12.1 Å². The lowest BCUT2D eigenvalue weighted by atomic mass is 10.2. The topological polar surface area (TPSA) is 67.8 Å². The second kappa shape index (κ2) is 9.62. The van der Waals surface area contributed by atoms with Crippen LogP contribution in [0.15, 0.2) is 30.3 Å². The molecule has 0 aliphatic carbocycles. The third-order valence-corrected chi connectivity index (χ3v) is 3.99. The molecule has 140 valence electrons. The molecule has 2 N–H and O–H groups in total. The van der Waals surface area contributed by atoms with Crippen LogP contribution in [0.1, 0.15) is 18.1 Å². The zero-order valence-electron chi connectivity index (χ0n) is 14.0. The van der Waals surface area contributed by atoms with Crippen LogP contribution in [0.5, 0.6) is 11.5 Å². The fraction of sp³-hybridized carbons (Fsp3) is 0.278. The van der Waals surface area contributed by atoms with E-state index in [1.165, 1.54) is 18.2 Å². The first kappa shape index (κ1) is 20.3. The summed E-state index contributed by atoms with van der Waals surface area (Å²) in [5.41, 5.74) is 1.37. The number of carboxylic acid groups (broad SMARTS) is 1. The SMILES string of the molecule is CCOc1cc(CNCC(=O)O)cc(Cl)c1OCc1ccc(F)cc1Cl. The van der Waals surface area contributed by atoms with Gasteiger partial charge in [-0.05, 0) is 36.8 Å². The highest BCUT2D eigenvalue weighted by atomic mass is 35.5. The van der Waals surface area contributed by atoms with Crippen LogP contribution in [-0.4, -0.2) is 24.2 Å². The van der Waals surface area contributed by atoms with Gasteiger partial charge in [-0.3, -0.25) is 4.79 Å². The Morgan fingerprint density at radius 1 is 1.19 bits per heavy atom. The van der Waals surface area contributed by atoms with Crippen LogP contribution in [0.4, 0.5) is 4.39 Å². The average Bonchev–Trinajstić information content (AvgIpc) is 2.55. The van der Waals surface area contributed by atoms with Gasteiger partial charge in [-0.15, -0.1) is 0 Å². The first-order valence-electron chi connectivity index (χ1n) is 7.85. The fourth-order valence-corrected chi connectivity index (χ4v) is 2.74. The van der Waals surface area contributed by atoms with Crippen molar-refractivity contribution >= 4 is 29.2 Å². The number of hydrogen-bond donors (Lipinski definition) is 2. The van der Waals surface area contributed by atoms with E-state index in [1.807, 2.05) is 6.92 Å². The van der Waals surface area contributed by atoms with Crippen molar-refractivity contribution in [3.05, 3.63) is 57.3 Å². The third kappa shape index (κ3) is 5.76. The average molecular weight is 402 g/mol. The van der Waals surface area contributed by atoms with Gasteiger partial charge in [0.05, 0.1) is 23.2 Å². The van der Waals surface area contributed by atoms with E-state index in [0.717, 1.165) is 5.56 Å². The van der Waals surface area contributed by atoms with Crippen molar-refractivity contribution < 1.29 is 23.8 Å². The second-order valence-corrected chi connectivity index (χ2v) is 6.17. The van der Waals surface area contributed by atoms with Gasteiger partial charge in [-0.1, -0.05) is 29.3 Å². The van der Waals surface area contributed by atoms with Crippen LogP contribution >= 0.6 is 23.2 Å². The van der Waals surface area contributed by atoms with E-state index in [0.29, 0.717) is 35.2 Å². The Morgan fingerprint density at radius 2 is 1.96 bits per heavy atom. The molecule has 2 aromatic rings. The molecule has 0 spiro atoms. The number of carbonyl (C=O) groups is 1. The lowest BCUT2D eigenvalue weighted by Crippen LogP contribution is -2.21. The van der Waals surface area contributed by atoms with Gasteiger partial charge in [-0.25, -0.2) is 4.39 Å². The molecule has 0 fully saturated rings. The minimum atomic E-state index is -0.947. The van der Waals surface area contributed by atoms with E-state index in [2.05, 4.69) is 5.32 Å². The maximum Gasteiger partial charge on any atom is 0.317 e. The molecular formula is C18H18Cl2FNO4. The van der Waals surface area contributed by atoms with Crippen molar-refractivity contribution in [2.24, 2.45) is 0 Å². The van der Waals surface area contributed by atoms with Crippen molar-refractivity contribution in [2.45, 2.75) is 20.1 Å². The zero-order valence-corrected chi connectivity index (χ0v) is 15.5. The molecule has 0 saturated heterocycles. The van der Waals surface area contributed by atoms with E-state index in [9.17, 15) is 9.18 Å². The van der Waals surface area contributed by atoms with Gasteiger partial charge in [0.2, 0.25) is 0 Å². The molecule has 0 aliphatic heterocycles. The fourth-order valence-electron chi connectivity index (χ4n) is 2.23. The summed E-state index contributed by atoms with van der Waals surface area (Å²) in [6, 6.07) is 7.44. The third-order valence-electron chi connectivity index (χ3n) is 3.36. The highest BCUT2D eigenvalue weighted by molar-refractivity contribution is 6.32. The quantitative estimate of drug-likeness (QED) is 0.655. The molecule has 0 radical (unpaired) electrons. The van der Waals surface area contributed by atoms with E-state index >= 15 is 0 Å². The monoisotopic (exact) mass is 401 g/mol. The summed E-state index contributed by atoms with van der Waals surface area (Å²) in [5.74, 6) is -0.594. The summed E-state index contributed by atoms with van der Waals surface area (Å²) >= 11 is 12.3. The molecule has 8 heteroatoms. The highest BCUT2D eigenvalue weighted by Gasteiger charge is 2.14. The minimum Gasteiger partial charge on any atom is -0.490 e. The lowest BCUT2D eigenvalue weighted by molar-refractivity contribution is -0.135. The van der Waals surface area contributed by atoms with Crippen LogP contribution in [0.2, 0.25) is 10.0 Å². The largest absolute Gasteiger partial charge is 0.490 e. The van der Waals surface area contributed by atoms with Crippen LogP contribution in [0, 0.1) is 5.82 Å². The van der Waals surface area contributed by atoms with Gasteiger partial charge >= 0.3 is 5.97 Å². The summed E-state index contributed by atoms with van der Waals surface area (Å²) < 4.78 is 24.5. The Morgan fingerprint density at radius 3 is 2.62 bits per heavy atom. The summed E-state index contributed by atoms with van der Waals surface area (Å²) in [7, 11) is 0. The standard InChI is InChI=1S/C18H18Cl2FNO4/c1-2-25-16-6-11(8-22-9-17(23)24)5-15(20)18(16)26-10-12-3-4-13(21)7-14(12)19/h3-7,22H,2,8-10H2,1H3,(H,23,24). The number of nitrogens with one attached hydrogen (secondary N) is 1. The van der Waals surface area contributed by atoms with Gasteiger partial charge in [-0.2, -0.15) is 0 Å². The Balaban J connectivity index is 2.16. The number of ether oxygens (including phenoxy) is 2. The van der Waals surface area contributed by atoms with Gasteiger partial charge in [0.15, 0.2) is 11.5 Å². The van der Waals surface area contributed by atoms with Crippen molar-refractivity contribution in [3.63, 3.8) is 0 Å². The lowest BCUT2D eigenvalue weighted by Gasteiger charge is -2.16. The van der Waals surface area contributed by atoms with E-state index in [1.54, 1.807) is 12.1 Å². The number of halogens is 3. The van der Waals surface area contributed by atoms with E-state index in [4.69, 9.17) is 37.8 Å². The van der Waals surface area contributed by atoms with Crippen molar-refractivity contribution in [2.75, 3.05) is 13.2 Å². The summed E-state index contributed by atoms with van der Waals surface area (Å²) in [4.78, 5) is 10.6. The molecule has 0 aromatic heterocycles. The molecule has 0 unspecified atom stereocenters. The summed E-state index contributed by atoms with van der Waals surface area (Å²) in [6.45, 7) is 2.47. The summed E-state index contributed by atoms with van der Waals surface area (Å²) in [6.07, 6.45) is 0. The van der Waals surface area contributed by atoms with Gasteiger partial charge < -0.3 is 19.9 Å². The maximum absolute atomic E-state index is 13.1. The van der Waals surface area contributed by atoms with E-state index in [-0.39, 0.29) is 18.2 Å². The molecule has 2 rings (SSSR count). The smallest absolute Gasteiger partial charge is 0.317 e. The predicted molar refractivity (Wildman–Crippen MR) is 97.7 cm³/mol. The van der Waals surface area contributed by atoms with Crippen molar-refractivity contribution in [3.8, 4) is 11.5 Å². The Hall–Kier alpha value is -2.02. The molecule has 0 amide bonds. The normalized spacial score (nSPS) is 10.6. The Kier molecular flexibility index (Phi) is 7.50. The first-order chi connectivity index (χ1) is 12.4. The number of aliphatic carboxylic acids is 1. The molecule has 0 heterocycles. The second-order valence-electron chi connectivity index (χ2n) is 5.36. The number of hydrogen-bond acceptors (Lipinski definition) is 4. The van der Waals surface area contributed by atoms with Crippen molar-refractivity contribution in [1.29, 1.82) is 0 Å². The molecule has 2 aromatic carbocycles. The minimum absolute atomic E-state index is 0.0928. The number of benzene rings is 2. The molecule has 0 aliphatic rings. The highest BCUT2D eigenvalue weighted by Crippen LogP contribution is 2.37. The van der Waals surface area contributed by atoms with Gasteiger partial charge in [0.25, 0.3) is 0 Å². The molecular weight excluding hydrogens is 384 g/mol. The molecule has 5 nitrogen and oxygen atoms in total. The number of rotatable bonds is 9. The number of carboxylic acids is 1. The molecule has 26 heavy (non-hydrogen) atoms. The van der Waals surface area contributed by atoms with E-state index < -0.39 is 11.8 Å². The molecule has 0 atom stereocenters. The molecule has 0 saturated carbocycles. The van der Waals surface area contributed by atoms with Crippen molar-refractivity contribution in [1.82, 2.24) is 5.32 Å². The first-order valence-corrected chi connectivity index (χ1v) is 8.60. The Labute approximate surface area is 160 Å². The van der Waals surface area contributed by atoms with Crippen LogP contribution in [0.25, 0.3) is 0 Å². The van der Waals surface area contributed by atoms with Gasteiger partial charge in [0.1, 0.15) is 12.4 Å². The molecule has 0 bridgehead atoms. The Bertz CT molecular complexity index is 786. The zero-order chi connectivity index (χ0) is 19.1.